The van der Waals surface area contributed by atoms with Crippen LogP contribution in [0.4, 0.5) is 4.79 Å². The second-order valence-corrected chi connectivity index (χ2v) is 6.18. The molecular weight excluding hydrogens is 282 g/mol. The molecule has 1 spiro atoms. The minimum Gasteiger partial charge on any atom is -0.481 e. The fourth-order valence-corrected chi connectivity index (χ4v) is 3.97. The number of hydrogen-bond acceptors (Lipinski definition) is 3. The van der Waals surface area contributed by atoms with Crippen molar-refractivity contribution in [3.05, 3.63) is 35.9 Å². The van der Waals surface area contributed by atoms with E-state index in [0.717, 1.165) is 31.2 Å². The average Bonchev–Trinajstić information content (AvgIpc) is 3.14. The Labute approximate surface area is 129 Å². The Morgan fingerprint density at radius 1 is 1.23 bits per heavy atom. The lowest BCUT2D eigenvalue weighted by molar-refractivity contribution is -0.144. The van der Waals surface area contributed by atoms with Gasteiger partial charge in [-0.15, -0.1) is 0 Å². The summed E-state index contributed by atoms with van der Waals surface area (Å²) in [7, 11) is 0. The van der Waals surface area contributed by atoms with Crippen LogP contribution in [-0.4, -0.2) is 34.2 Å². The van der Waals surface area contributed by atoms with Crippen LogP contribution in [0.1, 0.15) is 37.7 Å². The summed E-state index contributed by atoms with van der Waals surface area (Å²) in [5, 5.41) is 9.47. The Kier molecular flexibility index (Phi) is 4.05. The summed E-state index contributed by atoms with van der Waals surface area (Å²) in [6.07, 6.45) is 3.64. The van der Waals surface area contributed by atoms with Crippen molar-refractivity contribution in [1.29, 1.82) is 0 Å². The molecule has 1 amide bonds. The number of benzene rings is 1. The number of carbonyl (C=O) groups is 2. The molecule has 1 heterocycles. The van der Waals surface area contributed by atoms with Gasteiger partial charge in [-0.3, -0.25) is 4.79 Å². The number of rotatable bonds is 3. The normalized spacial score (nSPS) is 22.9. The Hall–Kier alpha value is -2.04. The molecule has 2 fully saturated rings. The summed E-state index contributed by atoms with van der Waals surface area (Å²) in [5.74, 6) is -1.25. The zero-order valence-corrected chi connectivity index (χ0v) is 12.5. The van der Waals surface area contributed by atoms with Gasteiger partial charge in [0.2, 0.25) is 0 Å². The van der Waals surface area contributed by atoms with Crippen molar-refractivity contribution in [3.8, 4) is 0 Å². The van der Waals surface area contributed by atoms with Gasteiger partial charge in [-0.25, -0.2) is 4.79 Å². The summed E-state index contributed by atoms with van der Waals surface area (Å²) in [6, 6.07) is 9.53. The molecule has 1 N–H and O–H groups in total. The lowest BCUT2D eigenvalue weighted by Gasteiger charge is -2.37. The molecule has 2 aliphatic rings. The standard InChI is InChI=1S/C17H21NO4/c19-15(20)14-8-11-18(17(14)9-4-5-10-17)16(21)22-12-13-6-2-1-3-7-13/h1-3,6-7,14H,4-5,8-12H2,(H,19,20). The quantitative estimate of drug-likeness (QED) is 0.932. The van der Waals surface area contributed by atoms with Crippen molar-refractivity contribution in [2.45, 2.75) is 44.2 Å². The number of ether oxygens (including phenoxy) is 1. The van der Waals surface area contributed by atoms with E-state index in [1.54, 1.807) is 4.90 Å². The van der Waals surface area contributed by atoms with E-state index in [9.17, 15) is 14.7 Å². The van der Waals surface area contributed by atoms with Crippen LogP contribution in [0.2, 0.25) is 0 Å². The fraction of sp³-hybridized carbons (Fsp3) is 0.529. The molecule has 1 aromatic rings. The molecule has 3 rings (SSSR count). The Bertz CT molecular complexity index is 551. The van der Waals surface area contributed by atoms with E-state index in [1.165, 1.54) is 0 Å². The van der Waals surface area contributed by atoms with Gasteiger partial charge in [-0.05, 0) is 24.8 Å². The number of amides is 1. The number of carboxylic acids is 1. The van der Waals surface area contributed by atoms with E-state index in [-0.39, 0.29) is 12.7 Å². The maximum Gasteiger partial charge on any atom is 0.410 e. The van der Waals surface area contributed by atoms with Crippen molar-refractivity contribution in [2.24, 2.45) is 5.92 Å². The molecule has 1 aliphatic carbocycles. The fourth-order valence-electron chi connectivity index (χ4n) is 3.97. The second kappa shape index (κ2) is 5.99. The number of carboxylic acid groups (broad SMARTS) is 1. The summed E-state index contributed by atoms with van der Waals surface area (Å²) >= 11 is 0. The van der Waals surface area contributed by atoms with Gasteiger partial charge < -0.3 is 14.7 Å². The maximum atomic E-state index is 12.5. The molecule has 1 saturated heterocycles. The van der Waals surface area contributed by atoms with E-state index < -0.39 is 17.4 Å². The average molecular weight is 303 g/mol. The second-order valence-electron chi connectivity index (χ2n) is 6.18. The van der Waals surface area contributed by atoms with Gasteiger partial charge in [0.05, 0.1) is 11.5 Å². The number of nitrogens with zero attached hydrogens (tertiary/aromatic N) is 1. The molecule has 0 radical (unpaired) electrons. The van der Waals surface area contributed by atoms with Crippen LogP contribution >= 0.6 is 0 Å². The third-order valence-corrected chi connectivity index (χ3v) is 5.02. The summed E-state index contributed by atoms with van der Waals surface area (Å²) in [5.41, 5.74) is 0.407. The third kappa shape index (κ3) is 2.56. The molecule has 1 atom stereocenters. The van der Waals surface area contributed by atoms with E-state index >= 15 is 0 Å². The molecular formula is C17H21NO4. The first kappa shape index (κ1) is 14.9. The highest BCUT2D eigenvalue weighted by Gasteiger charge is 2.55. The van der Waals surface area contributed by atoms with Crippen LogP contribution in [-0.2, 0) is 16.1 Å². The van der Waals surface area contributed by atoms with Crippen LogP contribution in [0.3, 0.4) is 0 Å². The maximum absolute atomic E-state index is 12.5. The van der Waals surface area contributed by atoms with Crippen molar-refractivity contribution in [2.75, 3.05) is 6.54 Å². The van der Waals surface area contributed by atoms with Gasteiger partial charge in [0.1, 0.15) is 6.61 Å². The first-order chi connectivity index (χ1) is 10.6. The highest BCUT2D eigenvalue weighted by Crippen LogP contribution is 2.47. The van der Waals surface area contributed by atoms with Crippen molar-refractivity contribution >= 4 is 12.1 Å². The molecule has 1 aromatic carbocycles. The first-order valence-electron chi connectivity index (χ1n) is 7.85. The Morgan fingerprint density at radius 3 is 2.55 bits per heavy atom. The van der Waals surface area contributed by atoms with Gasteiger partial charge in [0, 0.05) is 6.54 Å². The molecule has 0 aromatic heterocycles. The molecule has 5 heteroatoms. The molecule has 118 valence electrons. The largest absolute Gasteiger partial charge is 0.481 e. The topological polar surface area (TPSA) is 66.8 Å². The van der Waals surface area contributed by atoms with Gasteiger partial charge in [-0.1, -0.05) is 43.2 Å². The molecule has 5 nitrogen and oxygen atoms in total. The minimum absolute atomic E-state index is 0.226. The lowest BCUT2D eigenvalue weighted by Crippen LogP contribution is -2.50. The Balaban J connectivity index is 1.70. The monoisotopic (exact) mass is 303 g/mol. The SMILES string of the molecule is O=C(O)C1CCN(C(=O)OCc2ccccc2)C12CCCC2. The number of aliphatic carboxylic acids is 1. The smallest absolute Gasteiger partial charge is 0.410 e. The highest BCUT2D eigenvalue weighted by atomic mass is 16.6. The van der Waals surface area contributed by atoms with Gasteiger partial charge in [-0.2, -0.15) is 0 Å². The van der Waals surface area contributed by atoms with Gasteiger partial charge in [0.25, 0.3) is 0 Å². The first-order valence-corrected chi connectivity index (χ1v) is 7.85. The van der Waals surface area contributed by atoms with Crippen molar-refractivity contribution in [3.63, 3.8) is 0 Å². The molecule has 1 aliphatic heterocycles. The third-order valence-electron chi connectivity index (χ3n) is 5.02. The van der Waals surface area contributed by atoms with Crippen LogP contribution in [0.5, 0.6) is 0 Å². The van der Waals surface area contributed by atoms with Crippen LogP contribution in [0.25, 0.3) is 0 Å². The number of hydrogen-bond donors (Lipinski definition) is 1. The zero-order valence-electron chi connectivity index (χ0n) is 12.5. The summed E-state index contributed by atoms with van der Waals surface area (Å²) in [4.78, 5) is 25.7. The summed E-state index contributed by atoms with van der Waals surface area (Å²) in [6.45, 7) is 0.703. The lowest BCUT2D eigenvalue weighted by atomic mass is 9.83. The van der Waals surface area contributed by atoms with Gasteiger partial charge in [0.15, 0.2) is 0 Å². The molecule has 22 heavy (non-hydrogen) atoms. The minimum atomic E-state index is -0.791. The number of carbonyl (C=O) groups excluding carboxylic acids is 1. The van der Waals surface area contributed by atoms with Crippen molar-refractivity contribution in [1.82, 2.24) is 4.90 Å². The molecule has 1 unspecified atom stereocenters. The van der Waals surface area contributed by atoms with Crippen LogP contribution in [0.15, 0.2) is 30.3 Å². The van der Waals surface area contributed by atoms with E-state index in [2.05, 4.69) is 0 Å². The highest BCUT2D eigenvalue weighted by molar-refractivity contribution is 5.76. The van der Waals surface area contributed by atoms with Crippen LogP contribution < -0.4 is 0 Å². The Morgan fingerprint density at radius 2 is 1.91 bits per heavy atom. The predicted molar refractivity (Wildman–Crippen MR) is 80.3 cm³/mol. The number of likely N-dealkylation sites (tertiary alicyclic amines) is 1. The molecule has 1 saturated carbocycles. The van der Waals surface area contributed by atoms with E-state index in [1.807, 2.05) is 30.3 Å². The predicted octanol–water partition coefficient (Wildman–Crippen LogP) is 3.04. The zero-order chi connectivity index (χ0) is 15.6. The van der Waals surface area contributed by atoms with Gasteiger partial charge >= 0.3 is 12.1 Å². The van der Waals surface area contributed by atoms with E-state index in [0.29, 0.717) is 13.0 Å². The van der Waals surface area contributed by atoms with Crippen molar-refractivity contribution < 1.29 is 19.4 Å². The summed E-state index contributed by atoms with van der Waals surface area (Å²) < 4.78 is 5.42. The van der Waals surface area contributed by atoms with Crippen LogP contribution in [0, 0.1) is 5.92 Å². The van der Waals surface area contributed by atoms with E-state index in [4.69, 9.17) is 4.74 Å². The molecule has 0 bridgehead atoms.